The van der Waals surface area contributed by atoms with Gasteiger partial charge in [0, 0.05) is 21.0 Å². The Bertz CT molecular complexity index is 1310. The van der Waals surface area contributed by atoms with Crippen molar-refractivity contribution in [1.29, 1.82) is 0 Å². The number of Topliss-reactive ketones (excluding diaryl/α,β-unsaturated/α-hetero) is 1. The Morgan fingerprint density at radius 1 is 1.17 bits per heavy atom. The summed E-state index contributed by atoms with van der Waals surface area (Å²) in [4.78, 5) is 31.6. The van der Waals surface area contributed by atoms with Crippen LogP contribution in [0.1, 0.15) is 15.2 Å². The fraction of sp³-hybridized carbons (Fsp3) is 0.0952. The minimum Gasteiger partial charge on any atom is -0.292 e. The lowest BCUT2D eigenvalue weighted by Gasteiger charge is -2.08. The summed E-state index contributed by atoms with van der Waals surface area (Å²) in [6, 6.07) is 10.5. The van der Waals surface area contributed by atoms with Crippen molar-refractivity contribution >= 4 is 50.5 Å². The number of carbonyl (C=O) groups excluding carboxylic acids is 1. The average molecular weight is 447 g/mol. The maximum atomic E-state index is 13.3. The van der Waals surface area contributed by atoms with Crippen molar-refractivity contribution in [1.82, 2.24) is 9.55 Å². The van der Waals surface area contributed by atoms with E-state index in [1.54, 1.807) is 18.2 Å². The number of nitrogens with zero attached hydrogens (tertiary/aromatic N) is 2. The normalized spacial score (nSPS) is 11.2. The number of halogens is 3. The highest BCUT2D eigenvalue weighted by atomic mass is 35.5. The van der Waals surface area contributed by atoms with E-state index in [1.807, 2.05) is 6.92 Å². The van der Waals surface area contributed by atoms with Crippen molar-refractivity contribution < 1.29 is 9.18 Å². The Labute approximate surface area is 179 Å². The van der Waals surface area contributed by atoms with Gasteiger partial charge in [0.2, 0.25) is 0 Å². The number of benzene rings is 2. The summed E-state index contributed by atoms with van der Waals surface area (Å²) in [6.45, 7) is 1.67. The molecule has 0 N–H and O–H groups in total. The molecule has 8 heteroatoms. The monoisotopic (exact) mass is 446 g/mol. The van der Waals surface area contributed by atoms with E-state index in [-0.39, 0.29) is 34.3 Å². The predicted molar refractivity (Wildman–Crippen MR) is 115 cm³/mol. The van der Waals surface area contributed by atoms with Crippen molar-refractivity contribution in [2.24, 2.45) is 0 Å². The fourth-order valence-corrected chi connectivity index (χ4v) is 4.69. The van der Waals surface area contributed by atoms with E-state index >= 15 is 0 Å². The predicted octanol–water partition coefficient (Wildman–Crippen LogP) is 5.76. The molecule has 0 spiro atoms. The lowest BCUT2D eigenvalue weighted by atomic mass is 10.0. The molecular formula is C21H13Cl2FN2O2S. The first-order valence-corrected chi connectivity index (χ1v) is 10.1. The summed E-state index contributed by atoms with van der Waals surface area (Å²) in [7, 11) is 0. The summed E-state index contributed by atoms with van der Waals surface area (Å²) in [6.07, 6.45) is 1.36. The topological polar surface area (TPSA) is 52.0 Å². The molecule has 0 atom stereocenters. The summed E-state index contributed by atoms with van der Waals surface area (Å²) >= 11 is 13.4. The number of carbonyl (C=O) groups is 1. The first kappa shape index (κ1) is 19.8. The summed E-state index contributed by atoms with van der Waals surface area (Å²) < 4.78 is 14.6. The van der Waals surface area contributed by atoms with Gasteiger partial charge in [-0.25, -0.2) is 9.37 Å². The second-order valence-electron chi connectivity index (χ2n) is 6.45. The fourth-order valence-electron chi connectivity index (χ4n) is 3.17. The van der Waals surface area contributed by atoms with Crippen LogP contribution in [0.15, 0.2) is 53.6 Å². The number of thiophene rings is 1. The zero-order valence-electron chi connectivity index (χ0n) is 15.1. The lowest BCUT2D eigenvalue weighted by molar-refractivity contribution is 0.0971. The zero-order chi connectivity index (χ0) is 20.7. The molecule has 0 aliphatic carbocycles. The van der Waals surface area contributed by atoms with Crippen LogP contribution in [0, 0.1) is 12.7 Å². The van der Waals surface area contributed by atoms with Gasteiger partial charge in [-0.3, -0.25) is 14.2 Å². The number of fused-ring (bicyclic) bond motifs is 1. The number of hydrogen-bond donors (Lipinski definition) is 0. The number of aryl methyl sites for hydroxylation is 1. The highest BCUT2D eigenvalue weighted by molar-refractivity contribution is 7.19. The first-order chi connectivity index (χ1) is 13.8. The molecule has 4 aromatic rings. The number of aromatic nitrogens is 2. The van der Waals surface area contributed by atoms with E-state index in [9.17, 15) is 14.0 Å². The largest absolute Gasteiger partial charge is 0.292 e. The zero-order valence-corrected chi connectivity index (χ0v) is 17.4. The molecule has 0 unspecified atom stereocenters. The average Bonchev–Trinajstić information content (AvgIpc) is 3.01. The summed E-state index contributed by atoms with van der Waals surface area (Å²) in [5.41, 5.74) is 1.37. The van der Waals surface area contributed by atoms with Crippen molar-refractivity contribution in [3.8, 4) is 11.1 Å². The van der Waals surface area contributed by atoms with E-state index in [0.717, 1.165) is 10.4 Å². The molecule has 0 amide bonds. The second-order valence-corrected chi connectivity index (χ2v) is 8.49. The molecule has 0 aliphatic rings. The number of hydrogen-bond acceptors (Lipinski definition) is 4. The van der Waals surface area contributed by atoms with Crippen LogP contribution < -0.4 is 5.56 Å². The van der Waals surface area contributed by atoms with Crippen molar-refractivity contribution in [2.45, 2.75) is 13.5 Å². The van der Waals surface area contributed by atoms with Gasteiger partial charge < -0.3 is 0 Å². The molecule has 4 rings (SSSR count). The van der Waals surface area contributed by atoms with Crippen LogP contribution in [0.2, 0.25) is 10.0 Å². The van der Waals surface area contributed by atoms with Gasteiger partial charge in [0.1, 0.15) is 10.6 Å². The van der Waals surface area contributed by atoms with Gasteiger partial charge in [-0.1, -0.05) is 35.3 Å². The molecule has 0 bridgehead atoms. The van der Waals surface area contributed by atoms with Crippen molar-refractivity contribution in [3.05, 3.63) is 85.4 Å². The molecule has 0 saturated heterocycles. The van der Waals surface area contributed by atoms with Crippen LogP contribution in [-0.2, 0) is 6.54 Å². The highest BCUT2D eigenvalue weighted by Gasteiger charge is 2.19. The smallest absolute Gasteiger partial charge is 0.263 e. The third kappa shape index (κ3) is 3.71. The maximum absolute atomic E-state index is 13.3. The first-order valence-electron chi connectivity index (χ1n) is 8.58. The van der Waals surface area contributed by atoms with E-state index < -0.39 is 0 Å². The van der Waals surface area contributed by atoms with E-state index in [1.165, 1.54) is 46.5 Å². The Balaban J connectivity index is 1.80. The van der Waals surface area contributed by atoms with E-state index in [0.29, 0.717) is 20.8 Å². The molecule has 0 fully saturated rings. The van der Waals surface area contributed by atoms with Crippen LogP contribution in [0.25, 0.3) is 21.3 Å². The summed E-state index contributed by atoms with van der Waals surface area (Å²) in [5.74, 6) is -0.683. The van der Waals surface area contributed by atoms with Gasteiger partial charge in [-0.05, 0) is 42.8 Å². The molecule has 4 nitrogen and oxygen atoms in total. The van der Waals surface area contributed by atoms with Gasteiger partial charge in [-0.15, -0.1) is 11.3 Å². The minimum absolute atomic E-state index is 0.207. The van der Waals surface area contributed by atoms with Crippen LogP contribution in [0.4, 0.5) is 4.39 Å². The Morgan fingerprint density at radius 2 is 1.90 bits per heavy atom. The quantitative estimate of drug-likeness (QED) is 0.374. The van der Waals surface area contributed by atoms with Crippen LogP contribution in [0.3, 0.4) is 0 Å². The Kier molecular flexibility index (Phi) is 5.25. The van der Waals surface area contributed by atoms with Gasteiger partial charge >= 0.3 is 0 Å². The molecule has 0 aliphatic heterocycles. The number of rotatable bonds is 4. The van der Waals surface area contributed by atoms with Gasteiger partial charge in [0.25, 0.3) is 5.56 Å². The third-order valence-corrected chi connectivity index (χ3v) is 6.09. The van der Waals surface area contributed by atoms with Crippen molar-refractivity contribution in [3.63, 3.8) is 0 Å². The number of ketones is 1. The lowest BCUT2D eigenvalue weighted by Crippen LogP contribution is -2.24. The molecule has 29 heavy (non-hydrogen) atoms. The summed E-state index contributed by atoms with van der Waals surface area (Å²) in [5, 5.41) is 1.06. The Morgan fingerprint density at radius 3 is 2.59 bits per heavy atom. The van der Waals surface area contributed by atoms with Crippen LogP contribution >= 0.6 is 34.5 Å². The Hall–Kier alpha value is -2.54. The highest BCUT2D eigenvalue weighted by Crippen LogP contribution is 2.35. The molecule has 0 saturated carbocycles. The van der Waals surface area contributed by atoms with Gasteiger partial charge in [-0.2, -0.15) is 0 Å². The SMILES string of the molecule is Cc1sc2ncn(CC(=O)c3ccc(Cl)cc3Cl)c(=O)c2c1-c1ccc(F)cc1. The molecule has 2 aromatic heterocycles. The maximum Gasteiger partial charge on any atom is 0.263 e. The molecule has 0 radical (unpaired) electrons. The van der Waals surface area contributed by atoms with Crippen LogP contribution in [0.5, 0.6) is 0 Å². The third-order valence-electron chi connectivity index (χ3n) is 4.53. The molecule has 146 valence electrons. The standard InChI is InChI=1S/C21H13Cl2FN2O2S/c1-11-18(12-2-5-14(24)6-3-12)19-20(29-11)25-10-26(21(19)28)9-17(27)15-7-4-13(22)8-16(15)23/h2-8,10H,9H2,1H3. The second kappa shape index (κ2) is 7.71. The van der Waals surface area contributed by atoms with E-state index in [2.05, 4.69) is 4.98 Å². The molecule has 2 heterocycles. The van der Waals surface area contributed by atoms with Gasteiger partial charge in [0.15, 0.2) is 5.78 Å². The molecular weight excluding hydrogens is 434 g/mol. The molecule has 2 aromatic carbocycles. The van der Waals surface area contributed by atoms with Crippen LogP contribution in [-0.4, -0.2) is 15.3 Å². The minimum atomic E-state index is -0.355. The van der Waals surface area contributed by atoms with Crippen molar-refractivity contribution in [2.75, 3.05) is 0 Å². The van der Waals surface area contributed by atoms with E-state index in [4.69, 9.17) is 23.2 Å². The van der Waals surface area contributed by atoms with Gasteiger partial charge in [0.05, 0.1) is 23.3 Å².